The van der Waals surface area contributed by atoms with Gasteiger partial charge in [0.15, 0.2) is 0 Å². The molecule has 2 aromatic carbocycles. The molecule has 0 atom stereocenters. The number of fused-ring (bicyclic) bond motifs is 1. The normalized spacial score (nSPS) is 13.5. The van der Waals surface area contributed by atoms with Crippen molar-refractivity contribution < 1.29 is 27.7 Å². The summed E-state index contributed by atoms with van der Waals surface area (Å²) in [6.07, 6.45) is 1.51. The van der Waals surface area contributed by atoms with Gasteiger partial charge in [0, 0.05) is 45.4 Å². The summed E-state index contributed by atoms with van der Waals surface area (Å²) in [5.41, 5.74) is 1.39. The van der Waals surface area contributed by atoms with Crippen LogP contribution in [-0.2, 0) is 23.0 Å². The maximum atomic E-state index is 14.9. The molecule has 0 aliphatic heterocycles. The minimum absolute atomic E-state index is 0.0395. The molecular formula is C27H26FN4O6S+. The first kappa shape index (κ1) is 26.3. The zero-order valence-electron chi connectivity index (χ0n) is 21.2. The van der Waals surface area contributed by atoms with Crippen LogP contribution in [0.5, 0.6) is 0 Å². The summed E-state index contributed by atoms with van der Waals surface area (Å²) in [5, 5.41) is 9.17. The van der Waals surface area contributed by atoms with Crippen LogP contribution < -0.4 is 10.3 Å². The highest BCUT2D eigenvalue weighted by molar-refractivity contribution is 7.91. The van der Waals surface area contributed by atoms with Gasteiger partial charge in [-0.1, -0.05) is 13.0 Å². The zero-order chi connectivity index (χ0) is 28.1. The molecule has 0 spiro atoms. The Morgan fingerprint density at radius 2 is 1.92 bits per heavy atom. The number of pyridine rings is 1. The van der Waals surface area contributed by atoms with Gasteiger partial charge in [-0.25, -0.2) is 22.7 Å². The van der Waals surface area contributed by atoms with Gasteiger partial charge in [-0.05, 0) is 62.1 Å². The van der Waals surface area contributed by atoms with E-state index in [0.717, 1.165) is 23.8 Å². The number of benzene rings is 2. The smallest absolute Gasteiger partial charge is 0.317 e. The van der Waals surface area contributed by atoms with Crippen molar-refractivity contribution in [2.24, 2.45) is 0 Å². The highest BCUT2D eigenvalue weighted by atomic mass is 32.2. The average molecular weight is 554 g/mol. The van der Waals surface area contributed by atoms with Gasteiger partial charge in [0.05, 0.1) is 16.7 Å². The highest BCUT2D eigenvalue weighted by Crippen LogP contribution is 2.36. The Labute approximate surface area is 222 Å². The van der Waals surface area contributed by atoms with Crippen molar-refractivity contribution in [2.75, 3.05) is 0 Å². The largest absolute Gasteiger partial charge is 0.331 e. The third-order valence-electron chi connectivity index (χ3n) is 6.85. The van der Waals surface area contributed by atoms with E-state index >= 15 is 0 Å². The van der Waals surface area contributed by atoms with E-state index in [0.29, 0.717) is 35.9 Å². The fourth-order valence-corrected chi connectivity index (χ4v) is 5.95. The zero-order valence-corrected chi connectivity index (χ0v) is 22.0. The highest BCUT2D eigenvalue weighted by Gasteiger charge is 2.38. The SMILES string of the molecule is CCc1ccc2c(c1)c(-c1ccc(C)[nH]c1=O)c(C(=O)NS(=O)(=O)C1CC1)n2Cc1cc([N+](=O)O)ccc1F. The summed E-state index contributed by atoms with van der Waals surface area (Å²) in [4.78, 5) is 40.6. The number of halogens is 1. The number of carbonyl (C=O) groups excluding carboxylic acids is 1. The molecule has 202 valence electrons. The lowest BCUT2D eigenvalue weighted by atomic mass is 10.0. The van der Waals surface area contributed by atoms with E-state index < -0.39 is 37.5 Å². The lowest BCUT2D eigenvalue weighted by molar-refractivity contribution is -0.729. The van der Waals surface area contributed by atoms with Crippen molar-refractivity contribution in [3.8, 4) is 11.1 Å². The van der Waals surface area contributed by atoms with Crippen LogP contribution in [0.3, 0.4) is 0 Å². The summed E-state index contributed by atoms with van der Waals surface area (Å²) in [6.45, 7) is 3.35. The number of hydrogen-bond donors (Lipinski definition) is 3. The van der Waals surface area contributed by atoms with Crippen molar-refractivity contribution >= 4 is 32.5 Å². The number of nitrogens with zero attached hydrogens (tertiary/aromatic N) is 2. The summed E-state index contributed by atoms with van der Waals surface area (Å²) in [5.74, 6) is -1.67. The quantitative estimate of drug-likeness (QED) is 0.281. The molecule has 2 aromatic heterocycles. The van der Waals surface area contributed by atoms with E-state index in [-0.39, 0.29) is 34.6 Å². The first-order chi connectivity index (χ1) is 18.5. The third kappa shape index (κ3) is 4.94. The lowest BCUT2D eigenvalue weighted by Gasteiger charge is -2.13. The maximum absolute atomic E-state index is 14.9. The predicted molar refractivity (Wildman–Crippen MR) is 142 cm³/mol. The van der Waals surface area contributed by atoms with Gasteiger partial charge in [0.1, 0.15) is 11.5 Å². The number of nitrogens with one attached hydrogen (secondary N) is 2. The molecule has 0 radical (unpaired) electrons. The van der Waals surface area contributed by atoms with Crippen molar-refractivity contribution in [3.05, 3.63) is 92.1 Å². The molecule has 39 heavy (non-hydrogen) atoms. The van der Waals surface area contributed by atoms with Crippen LogP contribution in [0.2, 0.25) is 0 Å². The molecule has 1 aliphatic rings. The molecule has 1 amide bonds. The number of rotatable bonds is 8. The number of hydrogen-bond acceptors (Lipinski definition) is 5. The van der Waals surface area contributed by atoms with Crippen LogP contribution in [0.25, 0.3) is 22.0 Å². The van der Waals surface area contributed by atoms with Gasteiger partial charge in [0.25, 0.3) is 16.4 Å². The van der Waals surface area contributed by atoms with Crippen LogP contribution in [-0.4, -0.2) is 39.3 Å². The topological polar surface area (TPSA) is 141 Å². The fourth-order valence-electron chi connectivity index (χ4n) is 4.67. The second kappa shape index (κ2) is 9.77. The lowest BCUT2D eigenvalue weighted by Crippen LogP contribution is -2.35. The minimum Gasteiger partial charge on any atom is -0.331 e. The second-order valence-corrected chi connectivity index (χ2v) is 11.6. The second-order valence-electron chi connectivity index (χ2n) is 9.62. The average Bonchev–Trinajstić information content (AvgIpc) is 3.70. The Morgan fingerprint density at radius 1 is 1.18 bits per heavy atom. The molecular weight excluding hydrogens is 527 g/mol. The molecule has 0 unspecified atom stereocenters. The third-order valence-corrected chi connectivity index (χ3v) is 8.67. The van der Waals surface area contributed by atoms with Crippen LogP contribution in [0.1, 0.15) is 47.1 Å². The van der Waals surface area contributed by atoms with Crippen LogP contribution in [0.4, 0.5) is 10.1 Å². The number of aryl methyl sites for hydroxylation is 2. The van der Waals surface area contributed by atoms with Gasteiger partial charge in [-0.15, -0.1) is 0 Å². The maximum Gasteiger partial charge on any atom is 0.317 e. The van der Waals surface area contributed by atoms with Crippen molar-refractivity contribution in [2.45, 2.75) is 44.9 Å². The molecule has 0 bridgehead atoms. The van der Waals surface area contributed by atoms with Gasteiger partial charge in [-0.2, -0.15) is 0 Å². The molecule has 0 saturated heterocycles. The summed E-state index contributed by atoms with van der Waals surface area (Å²) in [6, 6.07) is 11.8. The Kier molecular flexibility index (Phi) is 6.59. The molecule has 10 nitrogen and oxygen atoms in total. The van der Waals surface area contributed by atoms with E-state index in [1.807, 2.05) is 19.1 Å². The number of sulfonamides is 1. The first-order valence-electron chi connectivity index (χ1n) is 12.4. The minimum atomic E-state index is -3.97. The molecule has 3 N–H and O–H groups in total. The Hall–Kier alpha value is -4.32. The number of amides is 1. The van der Waals surface area contributed by atoms with E-state index in [2.05, 4.69) is 9.71 Å². The molecule has 2 heterocycles. The van der Waals surface area contributed by atoms with Gasteiger partial charge >= 0.3 is 5.69 Å². The molecule has 4 aromatic rings. The molecule has 1 saturated carbocycles. The summed E-state index contributed by atoms with van der Waals surface area (Å²) in [7, 11) is -3.97. The van der Waals surface area contributed by atoms with Gasteiger partial charge < -0.3 is 9.55 Å². The Morgan fingerprint density at radius 3 is 2.56 bits per heavy atom. The number of aromatic amines is 1. The fraction of sp³-hybridized carbons (Fsp3) is 0.259. The predicted octanol–water partition coefficient (Wildman–Crippen LogP) is 4.08. The number of H-pyrrole nitrogens is 1. The monoisotopic (exact) mass is 553 g/mol. The van der Waals surface area contributed by atoms with E-state index in [4.69, 9.17) is 0 Å². The Bertz CT molecular complexity index is 1820. The van der Waals surface area contributed by atoms with Gasteiger partial charge in [0.2, 0.25) is 10.0 Å². The Balaban J connectivity index is 1.82. The van der Waals surface area contributed by atoms with E-state index in [1.54, 1.807) is 25.1 Å². The van der Waals surface area contributed by atoms with Crippen LogP contribution in [0.15, 0.2) is 53.3 Å². The molecule has 1 aliphatic carbocycles. The first-order valence-corrected chi connectivity index (χ1v) is 13.9. The van der Waals surface area contributed by atoms with Gasteiger partial charge in [-0.3, -0.25) is 9.59 Å². The van der Waals surface area contributed by atoms with Crippen molar-refractivity contribution in [1.29, 1.82) is 0 Å². The van der Waals surface area contributed by atoms with Crippen LogP contribution >= 0.6 is 0 Å². The summed E-state index contributed by atoms with van der Waals surface area (Å²) < 4.78 is 44.0. The number of carbonyl (C=O) groups is 1. The standard InChI is InChI=1S/C27H25FN4O6S/c1-3-16-5-11-23-21(12-16)24(20-9-4-15(2)29-26(20)33)25(27(34)30-39(37,38)19-7-8-19)31(23)14-17-13-18(32(35)36)6-10-22(17)28/h4-6,9-13,19H,3,7-8,14H2,1-2H3,(H2-,29,30,33,34,35,36)/p+1. The van der Waals surface area contributed by atoms with E-state index in [1.165, 1.54) is 4.57 Å². The molecule has 12 heteroatoms. The summed E-state index contributed by atoms with van der Waals surface area (Å²) >= 11 is 0. The van der Waals surface area contributed by atoms with Crippen LogP contribution in [0, 0.1) is 17.6 Å². The molecule has 5 rings (SSSR count). The molecule has 1 fully saturated rings. The number of aromatic nitrogens is 2. The van der Waals surface area contributed by atoms with Crippen molar-refractivity contribution in [3.63, 3.8) is 0 Å². The van der Waals surface area contributed by atoms with Crippen molar-refractivity contribution in [1.82, 2.24) is 14.3 Å². The van der Waals surface area contributed by atoms with E-state index in [9.17, 15) is 32.5 Å².